The highest BCUT2D eigenvalue weighted by atomic mass is 32.2. The molecule has 0 bridgehead atoms. The van der Waals surface area contributed by atoms with Crippen LogP contribution in [-0.4, -0.2) is 51.4 Å². The molecule has 0 saturated heterocycles. The number of amides is 1. The lowest BCUT2D eigenvalue weighted by Crippen LogP contribution is -2.30. The van der Waals surface area contributed by atoms with Crippen LogP contribution < -0.4 is 9.62 Å². The molecule has 37 heavy (non-hydrogen) atoms. The monoisotopic (exact) mass is 539 g/mol. The first-order valence-electron chi connectivity index (χ1n) is 12.4. The topological polar surface area (TPSA) is 96.0 Å². The van der Waals surface area contributed by atoms with Crippen molar-refractivity contribution in [1.82, 2.24) is 4.90 Å². The highest BCUT2D eigenvalue weighted by Gasteiger charge is 2.31. The zero-order valence-corrected chi connectivity index (χ0v) is 22.5. The predicted octanol–water partition coefficient (Wildman–Crippen LogP) is 4.31. The van der Waals surface area contributed by atoms with E-state index in [1.807, 2.05) is 24.3 Å². The number of thiophene rings is 1. The van der Waals surface area contributed by atoms with Crippen LogP contribution in [0.3, 0.4) is 0 Å². The Balaban J connectivity index is 1.38. The number of nitrogens with zero attached hydrogens (tertiary/aromatic N) is 2. The molecule has 2 aliphatic rings. The second-order valence-electron chi connectivity index (χ2n) is 8.98. The van der Waals surface area contributed by atoms with Crippen LogP contribution in [0.15, 0.2) is 53.4 Å². The van der Waals surface area contributed by atoms with E-state index >= 15 is 0 Å². The van der Waals surface area contributed by atoms with Gasteiger partial charge in [0.2, 0.25) is 0 Å². The third-order valence-corrected chi connectivity index (χ3v) is 9.80. The van der Waals surface area contributed by atoms with E-state index in [0.717, 1.165) is 42.1 Å². The van der Waals surface area contributed by atoms with E-state index in [9.17, 15) is 18.0 Å². The molecule has 0 unspecified atom stereocenters. The Morgan fingerprint density at radius 1 is 1.03 bits per heavy atom. The highest BCUT2D eigenvalue weighted by Crippen LogP contribution is 2.38. The van der Waals surface area contributed by atoms with Crippen molar-refractivity contribution in [3.63, 3.8) is 0 Å². The summed E-state index contributed by atoms with van der Waals surface area (Å²) in [5.74, 6) is -0.848. The fourth-order valence-electron chi connectivity index (χ4n) is 4.87. The number of carbonyl (C=O) groups is 2. The van der Waals surface area contributed by atoms with E-state index in [-0.39, 0.29) is 11.5 Å². The van der Waals surface area contributed by atoms with E-state index in [1.54, 1.807) is 6.92 Å². The number of fused-ring (bicyclic) bond motifs is 2. The van der Waals surface area contributed by atoms with Crippen LogP contribution in [0.4, 0.5) is 10.7 Å². The number of rotatable bonds is 7. The molecule has 0 spiro atoms. The molecule has 0 saturated carbocycles. The van der Waals surface area contributed by atoms with Crippen LogP contribution in [0.1, 0.15) is 50.6 Å². The second-order valence-corrected chi connectivity index (χ2v) is 11.9. The van der Waals surface area contributed by atoms with Crippen LogP contribution in [0.25, 0.3) is 0 Å². The first-order valence-corrected chi connectivity index (χ1v) is 14.6. The highest BCUT2D eigenvalue weighted by molar-refractivity contribution is 7.92. The third-order valence-electron chi connectivity index (χ3n) is 6.84. The minimum atomic E-state index is -3.75. The summed E-state index contributed by atoms with van der Waals surface area (Å²) in [6.07, 6.45) is 1.38. The molecule has 10 heteroatoms. The molecule has 2 aromatic carbocycles. The van der Waals surface area contributed by atoms with Crippen molar-refractivity contribution in [1.29, 1.82) is 0 Å². The minimum absolute atomic E-state index is 0.124. The van der Waals surface area contributed by atoms with Crippen LogP contribution in [0.2, 0.25) is 0 Å². The normalized spacial score (nSPS) is 15.2. The van der Waals surface area contributed by atoms with E-state index in [1.165, 1.54) is 39.9 Å². The molecule has 1 amide bonds. The van der Waals surface area contributed by atoms with Crippen molar-refractivity contribution in [2.75, 3.05) is 35.9 Å². The van der Waals surface area contributed by atoms with Crippen molar-refractivity contribution >= 4 is 43.9 Å². The molecule has 5 rings (SSSR count). The van der Waals surface area contributed by atoms with Gasteiger partial charge in [-0.3, -0.25) is 14.0 Å². The Hall–Kier alpha value is -3.21. The van der Waals surface area contributed by atoms with Gasteiger partial charge in [-0.15, -0.1) is 11.3 Å². The summed E-state index contributed by atoms with van der Waals surface area (Å²) < 4.78 is 33.3. The molecular formula is C27H29N3O5S2. The van der Waals surface area contributed by atoms with Gasteiger partial charge in [-0.05, 0) is 67.8 Å². The number of anilines is 2. The molecule has 0 radical (unpaired) electrons. The molecule has 8 nitrogen and oxygen atoms in total. The average molecular weight is 540 g/mol. The standard InChI is InChI=1S/C27H29N3O5S2/c1-3-29-15-14-21-23(17-29)36-26(24(21)27(32)35-4-2)28-25(31)19-9-11-20(12-10-19)37(33,34)30-16-13-18-7-5-6-8-22(18)30/h5-12H,3-4,13-17H2,1-2H3,(H,28,31). The van der Waals surface area contributed by atoms with Crippen molar-refractivity contribution < 1.29 is 22.7 Å². The summed E-state index contributed by atoms with van der Waals surface area (Å²) in [5.41, 5.74) is 3.37. The first kappa shape index (κ1) is 25.4. The van der Waals surface area contributed by atoms with Crippen molar-refractivity contribution in [2.24, 2.45) is 0 Å². The minimum Gasteiger partial charge on any atom is -0.462 e. The molecule has 2 aliphatic heterocycles. The number of likely N-dealkylation sites (N-methyl/N-ethyl adjacent to an activating group) is 1. The van der Waals surface area contributed by atoms with Gasteiger partial charge in [0.05, 0.1) is 22.8 Å². The second kappa shape index (κ2) is 10.3. The number of nitrogens with one attached hydrogen (secondary N) is 1. The molecule has 1 aromatic heterocycles. The summed E-state index contributed by atoms with van der Waals surface area (Å²) in [6, 6.07) is 13.4. The number of hydrogen-bond acceptors (Lipinski definition) is 7. The number of esters is 1. The Kier molecular flexibility index (Phi) is 7.06. The summed E-state index contributed by atoms with van der Waals surface area (Å²) in [4.78, 5) is 29.4. The molecule has 0 aliphatic carbocycles. The summed E-state index contributed by atoms with van der Waals surface area (Å²) >= 11 is 1.40. The molecule has 194 valence electrons. The summed E-state index contributed by atoms with van der Waals surface area (Å²) in [7, 11) is -3.75. The van der Waals surface area contributed by atoms with Crippen LogP contribution in [0.5, 0.6) is 0 Å². The number of ether oxygens (including phenoxy) is 1. The molecule has 0 atom stereocenters. The van der Waals surface area contributed by atoms with Gasteiger partial charge < -0.3 is 10.1 Å². The summed E-state index contributed by atoms with van der Waals surface area (Å²) in [5, 5.41) is 3.35. The fraction of sp³-hybridized carbons (Fsp3) is 0.333. The van der Waals surface area contributed by atoms with Gasteiger partial charge in [0.15, 0.2) is 0 Å². The van der Waals surface area contributed by atoms with Crippen LogP contribution >= 0.6 is 11.3 Å². The van der Waals surface area contributed by atoms with Gasteiger partial charge in [0.25, 0.3) is 15.9 Å². The maximum Gasteiger partial charge on any atom is 0.341 e. The Morgan fingerprint density at radius 3 is 2.51 bits per heavy atom. The lowest BCUT2D eigenvalue weighted by molar-refractivity contribution is 0.0526. The lowest BCUT2D eigenvalue weighted by Gasteiger charge is -2.25. The molecule has 0 fully saturated rings. The van der Waals surface area contributed by atoms with Gasteiger partial charge in [0.1, 0.15) is 5.00 Å². The zero-order chi connectivity index (χ0) is 26.2. The SMILES string of the molecule is CCOC(=O)c1c(NC(=O)c2ccc(S(=O)(=O)N3CCc4ccccc43)cc2)sc2c1CCN(CC)C2. The number of hydrogen-bond donors (Lipinski definition) is 1. The Labute approximate surface area is 220 Å². The first-order chi connectivity index (χ1) is 17.8. The maximum absolute atomic E-state index is 13.3. The Morgan fingerprint density at radius 2 is 1.78 bits per heavy atom. The average Bonchev–Trinajstić information content (AvgIpc) is 3.50. The third kappa shape index (κ3) is 4.76. The molecule has 3 aromatic rings. The van der Waals surface area contributed by atoms with Gasteiger partial charge >= 0.3 is 5.97 Å². The van der Waals surface area contributed by atoms with Crippen molar-refractivity contribution in [3.8, 4) is 0 Å². The number of carbonyl (C=O) groups excluding carboxylic acids is 2. The predicted molar refractivity (Wildman–Crippen MR) is 144 cm³/mol. The van der Waals surface area contributed by atoms with E-state index in [4.69, 9.17) is 4.74 Å². The fourth-order valence-corrected chi connectivity index (χ4v) is 7.65. The van der Waals surface area contributed by atoms with E-state index in [2.05, 4.69) is 17.1 Å². The Bertz CT molecular complexity index is 1450. The lowest BCUT2D eigenvalue weighted by atomic mass is 10.0. The van der Waals surface area contributed by atoms with Gasteiger partial charge in [-0.2, -0.15) is 0 Å². The smallest absolute Gasteiger partial charge is 0.341 e. The number of sulfonamides is 1. The van der Waals surface area contributed by atoms with Crippen LogP contribution in [-0.2, 0) is 34.1 Å². The maximum atomic E-state index is 13.3. The van der Waals surface area contributed by atoms with Crippen molar-refractivity contribution in [3.05, 3.63) is 75.7 Å². The van der Waals surface area contributed by atoms with Crippen LogP contribution in [0, 0.1) is 0 Å². The summed E-state index contributed by atoms with van der Waals surface area (Å²) in [6.45, 7) is 6.97. The van der Waals surface area contributed by atoms with Gasteiger partial charge in [-0.25, -0.2) is 13.2 Å². The molecule has 3 heterocycles. The molecular weight excluding hydrogens is 510 g/mol. The number of benzene rings is 2. The largest absolute Gasteiger partial charge is 0.462 e. The zero-order valence-electron chi connectivity index (χ0n) is 20.8. The molecule has 1 N–H and O–H groups in total. The quantitative estimate of drug-likeness (QED) is 0.450. The van der Waals surface area contributed by atoms with Crippen molar-refractivity contribution in [2.45, 2.75) is 38.1 Å². The van der Waals surface area contributed by atoms with E-state index < -0.39 is 21.9 Å². The van der Waals surface area contributed by atoms with Gasteiger partial charge in [-0.1, -0.05) is 25.1 Å². The van der Waals surface area contributed by atoms with Gasteiger partial charge in [0, 0.05) is 30.1 Å². The van der Waals surface area contributed by atoms with E-state index in [0.29, 0.717) is 34.8 Å². The number of para-hydroxylation sites is 1.